The van der Waals surface area contributed by atoms with E-state index in [9.17, 15) is 15.0 Å². The molecule has 1 atom stereocenters. The number of phenolic OH excluding ortho intramolecular Hbond substituents is 1. The third kappa shape index (κ3) is 3.82. The Labute approximate surface area is 162 Å². The molecule has 1 aliphatic heterocycles. The first-order valence-corrected chi connectivity index (χ1v) is 8.95. The number of hydrogen-bond donors (Lipinski definition) is 2. The van der Waals surface area contributed by atoms with Gasteiger partial charge in [0.2, 0.25) is 0 Å². The number of aliphatic hydroxyl groups excluding tert-OH is 1. The Hall–Kier alpha value is -2.44. The molecule has 0 aromatic heterocycles. The van der Waals surface area contributed by atoms with Crippen molar-refractivity contribution in [2.24, 2.45) is 5.92 Å². The molecule has 0 saturated carbocycles. The number of methoxy groups -OCH3 is 1. The molecule has 7 heteroatoms. The first kappa shape index (κ1) is 19.3. The second-order valence-corrected chi connectivity index (χ2v) is 7.23. The minimum absolute atomic E-state index is 0.0674. The molecule has 0 spiro atoms. The van der Waals surface area contributed by atoms with Crippen LogP contribution < -0.4 is 9.47 Å². The number of fused-ring (bicyclic) bond motifs is 2. The molecule has 0 fully saturated rings. The molecule has 0 saturated heterocycles. The number of carbonyl (C=O) groups is 1. The normalized spacial score (nSPS) is 14.4. The van der Waals surface area contributed by atoms with E-state index in [1.165, 1.54) is 13.2 Å². The second kappa shape index (κ2) is 7.66. The van der Waals surface area contributed by atoms with Crippen molar-refractivity contribution < 1.29 is 29.2 Å². The van der Waals surface area contributed by atoms with Crippen molar-refractivity contribution in [3.63, 3.8) is 0 Å². The zero-order chi connectivity index (χ0) is 19.7. The number of aromatic hydroxyl groups is 1. The highest BCUT2D eigenvalue weighted by atomic mass is 35.5. The van der Waals surface area contributed by atoms with Crippen LogP contribution in [0.5, 0.6) is 23.0 Å². The average molecular weight is 393 g/mol. The fourth-order valence-corrected chi connectivity index (χ4v) is 3.33. The van der Waals surface area contributed by atoms with Gasteiger partial charge in [-0.1, -0.05) is 25.4 Å². The number of hydrogen-bond acceptors (Lipinski definition) is 6. The maximum atomic E-state index is 12.7. The number of phenols is 1. The summed E-state index contributed by atoms with van der Waals surface area (Å²) >= 11 is 5.95. The van der Waals surface area contributed by atoms with Gasteiger partial charge in [-0.25, -0.2) is 4.79 Å². The Morgan fingerprint density at radius 3 is 2.70 bits per heavy atom. The van der Waals surface area contributed by atoms with Crippen LogP contribution in [0, 0.1) is 5.92 Å². The number of carbonyl (C=O) groups excluding carboxylic acids is 1. The Morgan fingerprint density at radius 1 is 1.30 bits per heavy atom. The number of halogens is 1. The van der Waals surface area contributed by atoms with Crippen molar-refractivity contribution in [1.82, 2.24) is 0 Å². The summed E-state index contributed by atoms with van der Waals surface area (Å²) in [5.41, 5.74) is 0.992. The minimum Gasteiger partial charge on any atom is -0.504 e. The van der Waals surface area contributed by atoms with Crippen LogP contribution >= 0.6 is 11.6 Å². The summed E-state index contributed by atoms with van der Waals surface area (Å²) in [6.45, 7) is 3.86. The fraction of sp³-hybridized carbons (Fsp3) is 0.350. The molecule has 2 N–H and O–H groups in total. The highest BCUT2D eigenvalue weighted by molar-refractivity contribution is 6.30. The standard InChI is InChI=1S/C20H21ClO6/c1-10(2)6-14(22)13-4-5-16-17(19(13)25-3)20(24)26-9-11-7-12(21)8-15(23)18(11)27-16/h4-5,7-8,10,14,22-23H,6,9H2,1-3H3. The quantitative estimate of drug-likeness (QED) is 0.740. The number of ether oxygens (including phenoxy) is 3. The molecular weight excluding hydrogens is 372 g/mol. The van der Waals surface area contributed by atoms with Gasteiger partial charge >= 0.3 is 5.97 Å². The molecule has 1 heterocycles. The molecule has 2 aromatic carbocycles. The van der Waals surface area contributed by atoms with Crippen LogP contribution in [0.15, 0.2) is 24.3 Å². The smallest absolute Gasteiger partial charge is 0.346 e. The first-order chi connectivity index (χ1) is 12.8. The first-order valence-electron chi connectivity index (χ1n) is 8.57. The summed E-state index contributed by atoms with van der Waals surface area (Å²) in [5.74, 6) is -0.0394. The molecular formula is C20H21ClO6. The molecule has 0 amide bonds. The lowest BCUT2D eigenvalue weighted by Crippen LogP contribution is -2.15. The molecule has 144 valence electrons. The van der Waals surface area contributed by atoms with E-state index in [1.807, 2.05) is 13.8 Å². The highest BCUT2D eigenvalue weighted by Crippen LogP contribution is 2.44. The Morgan fingerprint density at radius 2 is 2.04 bits per heavy atom. The third-order valence-corrected chi connectivity index (χ3v) is 4.51. The predicted octanol–water partition coefficient (Wildman–Crippen LogP) is 4.60. The zero-order valence-electron chi connectivity index (χ0n) is 15.3. The van der Waals surface area contributed by atoms with Gasteiger partial charge in [-0.3, -0.25) is 0 Å². The number of cyclic esters (lactones) is 1. The molecule has 0 aliphatic carbocycles. The van der Waals surface area contributed by atoms with Gasteiger partial charge in [-0.05, 0) is 30.5 Å². The van der Waals surface area contributed by atoms with E-state index in [-0.39, 0.29) is 41.1 Å². The molecule has 3 rings (SSSR count). The summed E-state index contributed by atoms with van der Waals surface area (Å²) in [7, 11) is 1.42. The van der Waals surface area contributed by atoms with E-state index in [2.05, 4.69) is 0 Å². The van der Waals surface area contributed by atoms with Gasteiger partial charge in [0.1, 0.15) is 23.7 Å². The van der Waals surface area contributed by atoms with E-state index >= 15 is 0 Å². The van der Waals surface area contributed by atoms with E-state index < -0.39 is 12.1 Å². The number of benzene rings is 2. The Balaban J connectivity index is 2.13. The number of esters is 1. The van der Waals surface area contributed by atoms with Gasteiger partial charge in [-0.2, -0.15) is 0 Å². The van der Waals surface area contributed by atoms with Crippen LogP contribution in [0.25, 0.3) is 0 Å². The summed E-state index contributed by atoms with van der Waals surface area (Å²) in [4.78, 5) is 12.7. The fourth-order valence-electron chi connectivity index (χ4n) is 3.10. The molecule has 6 nitrogen and oxygen atoms in total. The number of aliphatic hydroxyl groups is 1. The van der Waals surface area contributed by atoms with Gasteiger partial charge < -0.3 is 24.4 Å². The zero-order valence-corrected chi connectivity index (χ0v) is 16.0. The second-order valence-electron chi connectivity index (χ2n) is 6.80. The van der Waals surface area contributed by atoms with E-state index in [0.717, 1.165) is 0 Å². The lowest BCUT2D eigenvalue weighted by Gasteiger charge is -2.23. The van der Waals surface area contributed by atoms with Crippen molar-refractivity contribution in [2.75, 3.05) is 7.11 Å². The molecule has 1 aliphatic rings. The van der Waals surface area contributed by atoms with E-state index in [0.29, 0.717) is 22.6 Å². The van der Waals surface area contributed by atoms with E-state index in [1.54, 1.807) is 18.2 Å². The maximum absolute atomic E-state index is 12.7. The molecule has 1 unspecified atom stereocenters. The minimum atomic E-state index is -0.803. The molecule has 27 heavy (non-hydrogen) atoms. The molecule has 0 bridgehead atoms. The van der Waals surface area contributed by atoms with Crippen molar-refractivity contribution in [1.29, 1.82) is 0 Å². The van der Waals surface area contributed by atoms with Crippen LogP contribution in [0.1, 0.15) is 47.9 Å². The topological polar surface area (TPSA) is 85.2 Å². The maximum Gasteiger partial charge on any atom is 0.346 e. The average Bonchev–Trinajstić information content (AvgIpc) is 2.59. The van der Waals surface area contributed by atoms with Gasteiger partial charge in [0, 0.05) is 22.2 Å². The SMILES string of the molecule is COc1c(C(O)CC(C)C)ccc2c1C(=O)OCc1cc(Cl)cc(O)c1O2. The van der Waals surface area contributed by atoms with Gasteiger partial charge in [0.05, 0.1) is 13.2 Å². The molecule has 2 aromatic rings. The van der Waals surface area contributed by atoms with Gasteiger partial charge in [0.25, 0.3) is 0 Å². The van der Waals surface area contributed by atoms with Crippen LogP contribution in [0.4, 0.5) is 0 Å². The van der Waals surface area contributed by atoms with Gasteiger partial charge in [0.15, 0.2) is 11.5 Å². The lowest BCUT2D eigenvalue weighted by molar-refractivity contribution is 0.0454. The lowest BCUT2D eigenvalue weighted by atomic mass is 9.96. The predicted molar refractivity (Wildman–Crippen MR) is 99.7 cm³/mol. The monoisotopic (exact) mass is 392 g/mol. The van der Waals surface area contributed by atoms with Crippen LogP contribution in [0.3, 0.4) is 0 Å². The molecule has 0 radical (unpaired) electrons. The van der Waals surface area contributed by atoms with Crippen molar-refractivity contribution in [3.05, 3.63) is 46.0 Å². The van der Waals surface area contributed by atoms with Crippen molar-refractivity contribution in [3.8, 4) is 23.0 Å². The number of rotatable bonds is 4. The van der Waals surface area contributed by atoms with Crippen LogP contribution in [0.2, 0.25) is 5.02 Å². The summed E-state index contributed by atoms with van der Waals surface area (Å²) in [5, 5.41) is 21.0. The van der Waals surface area contributed by atoms with Crippen molar-refractivity contribution in [2.45, 2.75) is 33.0 Å². The Bertz CT molecular complexity index is 877. The summed E-state index contributed by atoms with van der Waals surface area (Å²) in [6, 6.07) is 6.11. The highest BCUT2D eigenvalue weighted by Gasteiger charge is 2.29. The van der Waals surface area contributed by atoms with Crippen molar-refractivity contribution >= 4 is 17.6 Å². The Kier molecular flexibility index (Phi) is 5.48. The summed E-state index contributed by atoms with van der Waals surface area (Å²) in [6.07, 6.45) is -0.296. The summed E-state index contributed by atoms with van der Waals surface area (Å²) < 4.78 is 16.6. The van der Waals surface area contributed by atoms with Gasteiger partial charge in [-0.15, -0.1) is 0 Å². The largest absolute Gasteiger partial charge is 0.504 e. The van der Waals surface area contributed by atoms with E-state index in [4.69, 9.17) is 25.8 Å². The van der Waals surface area contributed by atoms with Crippen LogP contribution in [-0.2, 0) is 11.3 Å². The van der Waals surface area contributed by atoms with Crippen LogP contribution in [-0.4, -0.2) is 23.3 Å². The third-order valence-electron chi connectivity index (χ3n) is 4.29.